The molecule has 2 aromatic rings. The van der Waals surface area contributed by atoms with E-state index in [1.807, 2.05) is 30.3 Å². The van der Waals surface area contributed by atoms with Crippen LogP contribution in [0.3, 0.4) is 0 Å². The van der Waals surface area contributed by atoms with Crippen LogP contribution in [0.5, 0.6) is 5.75 Å². The quantitative estimate of drug-likeness (QED) is 0.330. The Labute approximate surface area is 189 Å². The van der Waals surface area contributed by atoms with Gasteiger partial charge in [-0.05, 0) is 43.9 Å². The topological polar surface area (TPSA) is 85.6 Å². The lowest BCUT2D eigenvalue weighted by atomic mass is 10.1. The number of ether oxygens (including phenoxy) is 2. The molecule has 1 aromatic heterocycles. The molecule has 2 N–H and O–H groups in total. The van der Waals surface area contributed by atoms with E-state index < -0.39 is 0 Å². The number of benzene rings is 1. The van der Waals surface area contributed by atoms with Gasteiger partial charge in [-0.15, -0.1) is 10.2 Å². The van der Waals surface area contributed by atoms with Gasteiger partial charge in [-0.25, -0.2) is 4.99 Å². The molecule has 0 spiro atoms. The number of nitrogens with one attached hydrogen (secondary N) is 2. The van der Waals surface area contributed by atoms with Gasteiger partial charge in [-0.2, -0.15) is 11.8 Å². The Balaban J connectivity index is 1.68. The third-order valence-corrected chi connectivity index (χ3v) is 5.92. The molecule has 1 saturated heterocycles. The van der Waals surface area contributed by atoms with Crippen LogP contribution in [0, 0.1) is 13.8 Å². The van der Waals surface area contributed by atoms with Crippen molar-refractivity contribution in [2.24, 2.45) is 12.0 Å². The van der Waals surface area contributed by atoms with Crippen molar-refractivity contribution in [2.45, 2.75) is 45.9 Å². The summed E-state index contributed by atoms with van der Waals surface area (Å²) in [6.45, 7) is 7.38. The minimum atomic E-state index is 0.117. The zero-order chi connectivity index (χ0) is 22.1. The van der Waals surface area contributed by atoms with Gasteiger partial charge < -0.3 is 24.7 Å². The van der Waals surface area contributed by atoms with Crippen LogP contribution < -0.4 is 15.4 Å². The first-order valence-corrected chi connectivity index (χ1v) is 12.2. The number of thioether (sulfide) groups is 1. The van der Waals surface area contributed by atoms with Crippen molar-refractivity contribution >= 4 is 17.7 Å². The molecule has 3 rings (SSSR count). The Morgan fingerprint density at radius 1 is 1.32 bits per heavy atom. The number of hydrogen-bond donors (Lipinski definition) is 2. The monoisotopic (exact) mass is 446 g/mol. The Morgan fingerprint density at radius 2 is 2.19 bits per heavy atom. The molecule has 0 bridgehead atoms. The standard InChI is InChI=1S/C22H34N6O2S/c1-16-6-7-18(20(12-16)30-19-8-10-29-15-19)13-24-22(23-9-5-11-31-4)25-14-21-27-26-17(2)28(21)3/h6-7,12,19H,5,8-11,13-15H2,1-4H3,(H2,23,24,25). The van der Waals surface area contributed by atoms with Crippen molar-refractivity contribution in [3.8, 4) is 5.75 Å². The summed E-state index contributed by atoms with van der Waals surface area (Å²) in [7, 11) is 1.97. The maximum absolute atomic E-state index is 6.22. The molecule has 1 fully saturated rings. The lowest BCUT2D eigenvalue weighted by Gasteiger charge is -2.16. The Hall–Kier alpha value is -2.26. The van der Waals surface area contributed by atoms with Gasteiger partial charge in [0, 0.05) is 25.6 Å². The molecule has 31 heavy (non-hydrogen) atoms. The van der Waals surface area contributed by atoms with Crippen LogP contribution in [0.1, 0.15) is 35.6 Å². The van der Waals surface area contributed by atoms with Crippen LogP contribution in [0.15, 0.2) is 23.2 Å². The lowest BCUT2D eigenvalue weighted by molar-refractivity contribution is 0.140. The normalized spacial score (nSPS) is 16.5. The number of aromatic nitrogens is 3. The number of hydrogen-bond acceptors (Lipinski definition) is 6. The summed E-state index contributed by atoms with van der Waals surface area (Å²) < 4.78 is 13.7. The van der Waals surface area contributed by atoms with Gasteiger partial charge in [-0.1, -0.05) is 12.1 Å². The second-order valence-corrected chi connectivity index (χ2v) is 8.71. The summed E-state index contributed by atoms with van der Waals surface area (Å²) in [6, 6.07) is 6.29. The first-order chi connectivity index (χ1) is 15.1. The Morgan fingerprint density at radius 3 is 2.90 bits per heavy atom. The molecule has 1 aromatic carbocycles. The van der Waals surface area contributed by atoms with Crippen molar-refractivity contribution in [1.82, 2.24) is 25.4 Å². The van der Waals surface area contributed by atoms with Crippen molar-refractivity contribution < 1.29 is 9.47 Å². The maximum Gasteiger partial charge on any atom is 0.191 e. The maximum atomic E-state index is 6.22. The molecule has 0 saturated carbocycles. The van der Waals surface area contributed by atoms with Crippen LogP contribution in [0.4, 0.5) is 0 Å². The van der Waals surface area contributed by atoms with Crippen LogP contribution in [0.25, 0.3) is 0 Å². The van der Waals surface area contributed by atoms with Gasteiger partial charge in [0.05, 0.1) is 26.3 Å². The third kappa shape index (κ3) is 7.14. The van der Waals surface area contributed by atoms with E-state index in [-0.39, 0.29) is 6.10 Å². The summed E-state index contributed by atoms with van der Waals surface area (Å²) in [5, 5.41) is 15.2. The first-order valence-electron chi connectivity index (χ1n) is 10.8. The molecule has 1 aliphatic heterocycles. The highest BCUT2D eigenvalue weighted by Crippen LogP contribution is 2.24. The summed E-state index contributed by atoms with van der Waals surface area (Å²) in [6.07, 6.45) is 4.24. The van der Waals surface area contributed by atoms with Crippen molar-refractivity contribution in [2.75, 3.05) is 31.8 Å². The molecule has 170 valence electrons. The van der Waals surface area contributed by atoms with Crippen LogP contribution in [-0.4, -0.2) is 58.6 Å². The fraction of sp³-hybridized carbons (Fsp3) is 0.591. The van der Waals surface area contributed by atoms with E-state index in [2.05, 4.69) is 52.2 Å². The van der Waals surface area contributed by atoms with E-state index in [4.69, 9.17) is 14.5 Å². The molecule has 9 heteroatoms. The van der Waals surface area contributed by atoms with Gasteiger partial charge in [0.25, 0.3) is 0 Å². The smallest absolute Gasteiger partial charge is 0.191 e. The van der Waals surface area contributed by atoms with E-state index in [0.717, 1.165) is 60.7 Å². The molecule has 2 heterocycles. The fourth-order valence-electron chi connectivity index (χ4n) is 3.22. The second kappa shape index (κ2) is 12.0. The van der Waals surface area contributed by atoms with Crippen LogP contribution in [-0.2, 0) is 24.9 Å². The van der Waals surface area contributed by atoms with Gasteiger partial charge >= 0.3 is 0 Å². The minimum absolute atomic E-state index is 0.117. The highest BCUT2D eigenvalue weighted by molar-refractivity contribution is 7.98. The van der Waals surface area contributed by atoms with Gasteiger partial charge in [-0.3, -0.25) is 0 Å². The van der Waals surface area contributed by atoms with Crippen LogP contribution >= 0.6 is 11.8 Å². The molecule has 0 aliphatic carbocycles. The van der Waals surface area contributed by atoms with Crippen molar-refractivity contribution in [1.29, 1.82) is 0 Å². The molecule has 1 atom stereocenters. The van der Waals surface area contributed by atoms with Crippen molar-refractivity contribution in [3.63, 3.8) is 0 Å². The average Bonchev–Trinajstić information content (AvgIpc) is 3.38. The molecule has 0 amide bonds. The largest absolute Gasteiger partial charge is 0.488 e. The summed E-state index contributed by atoms with van der Waals surface area (Å²) in [5.74, 6) is 4.53. The Kier molecular flexibility index (Phi) is 9.02. The van der Waals surface area contributed by atoms with E-state index in [1.165, 1.54) is 5.56 Å². The minimum Gasteiger partial charge on any atom is -0.488 e. The summed E-state index contributed by atoms with van der Waals surface area (Å²) in [4.78, 5) is 4.83. The number of aliphatic imine (C=N–C) groups is 1. The van der Waals surface area contributed by atoms with Crippen LogP contribution in [0.2, 0.25) is 0 Å². The number of rotatable bonds is 10. The van der Waals surface area contributed by atoms with E-state index in [9.17, 15) is 0 Å². The van der Waals surface area contributed by atoms with E-state index >= 15 is 0 Å². The van der Waals surface area contributed by atoms with Gasteiger partial charge in [0.1, 0.15) is 17.7 Å². The average molecular weight is 447 g/mol. The fourth-order valence-corrected chi connectivity index (χ4v) is 3.65. The Bertz CT molecular complexity index is 864. The van der Waals surface area contributed by atoms with Crippen molar-refractivity contribution in [3.05, 3.63) is 41.0 Å². The van der Waals surface area contributed by atoms with E-state index in [1.54, 1.807) is 0 Å². The van der Waals surface area contributed by atoms with Gasteiger partial charge in [0.2, 0.25) is 0 Å². The number of guanidine groups is 1. The summed E-state index contributed by atoms with van der Waals surface area (Å²) in [5.41, 5.74) is 2.24. The highest BCUT2D eigenvalue weighted by atomic mass is 32.2. The molecule has 0 radical (unpaired) electrons. The molecule has 1 unspecified atom stereocenters. The SMILES string of the molecule is CSCCCNC(=NCc1ccc(C)cc1OC1CCOC1)NCc1nnc(C)n1C. The predicted molar refractivity (Wildman–Crippen MR) is 126 cm³/mol. The molecular weight excluding hydrogens is 412 g/mol. The zero-order valence-electron chi connectivity index (χ0n) is 19.0. The summed E-state index contributed by atoms with van der Waals surface area (Å²) >= 11 is 1.85. The number of nitrogens with zero attached hydrogens (tertiary/aromatic N) is 4. The predicted octanol–water partition coefficient (Wildman–Crippen LogP) is 2.59. The van der Waals surface area contributed by atoms with Gasteiger partial charge in [0.15, 0.2) is 11.8 Å². The molecule has 8 nitrogen and oxygen atoms in total. The first kappa shape index (κ1) is 23.4. The second-order valence-electron chi connectivity index (χ2n) is 7.73. The lowest BCUT2D eigenvalue weighted by Crippen LogP contribution is -2.38. The molecular formula is C22H34N6O2S. The third-order valence-electron chi connectivity index (χ3n) is 5.23. The molecule has 1 aliphatic rings. The number of aryl methyl sites for hydroxylation is 2. The van der Waals surface area contributed by atoms with E-state index in [0.29, 0.717) is 19.7 Å². The zero-order valence-corrected chi connectivity index (χ0v) is 19.8. The highest BCUT2D eigenvalue weighted by Gasteiger charge is 2.18.